The van der Waals surface area contributed by atoms with Crippen LogP contribution in [0.4, 0.5) is 0 Å². The highest BCUT2D eigenvalue weighted by atomic mass is 16.3. The Balaban J connectivity index is 2.24. The van der Waals surface area contributed by atoms with Crippen LogP contribution >= 0.6 is 0 Å². The van der Waals surface area contributed by atoms with Gasteiger partial charge in [0.15, 0.2) is 0 Å². The van der Waals surface area contributed by atoms with E-state index < -0.39 is 11.2 Å². The average Bonchev–Trinajstić information content (AvgIpc) is 2.62. The van der Waals surface area contributed by atoms with Crippen molar-refractivity contribution in [3.8, 4) is 34.1 Å². The molecule has 0 bridgehead atoms. The Morgan fingerprint density at radius 2 is 1.81 bits per heavy atom. The van der Waals surface area contributed by atoms with E-state index in [0.717, 1.165) is 12.3 Å². The lowest BCUT2D eigenvalue weighted by Crippen LogP contribution is -2.06. The number of hydrogen-bond donors (Lipinski definition) is 5. The molecule has 0 unspecified atom stereocenters. The molecule has 7 heteroatoms. The summed E-state index contributed by atoms with van der Waals surface area (Å²) in [7, 11) is 0. The Morgan fingerprint density at radius 1 is 1.07 bits per heavy atom. The van der Waals surface area contributed by atoms with Gasteiger partial charge in [0.25, 0.3) is 0 Å². The third-order valence-corrected chi connectivity index (χ3v) is 4.30. The van der Waals surface area contributed by atoms with E-state index >= 15 is 0 Å². The average molecular weight is 370 g/mol. The quantitative estimate of drug-likeness (QED) is 0.446. The maximum Gasteiger partial charge on any atom is 0.204 e. The number of allylic oxidation sites excluding steroid dienone is 1. The zero-order valence-electron chi connectivity index (χ0n) is 14.4. The molecule has 0 atom stereocenters. The number of phenols is 4. The van der Waals surface area contributed by atoms with Gasteiger partial charge in [0.05, 0.1) is 12.2 Å². The molecule has 2 aromatic carbocycles. The van der Waals surface area contributed by atoms with E-state index in [0.29, 0.717) is 5.57 Å². The number of hydrogen-bond acceptors (Lipinski definition) is 7. The first-order chi connectivity index (χ1) is 12.8. The van der Waals surface area contributed by atoms with Crippen molar-refractivity contribution in [2.24, 2.45) is 0 Å². The van der Waals surface area contributed by atoms with Crippen molar-refractivity contribution < 1.29 is 29.9 Å². The normalized spacial score (nSPS) is 11.9. The fourth-order valence-corrected chi connectivity index (χ4v) is 2.77. The van der Waals surface area contributed by atoms with E-state index in [-0.39, 0.29) is 57.9 Å². The molecular formula is C20H18O7. The predicted octanol–water partition coefficient (Wildman–Crippen LogP) is 2.76. The van der Waals surface area contributed by atoms with Gasteiger partial charge in [-0.25, -0.2) is 0 Å². The topological polar surface area (TPSA) is 131 Å². The van der Waals surface area contributed by atoms with Crippen molar-refractivity contribution in [3.05, 3.63) is 58.0 Å². The summed E-state index contributed by atoms with van der Waals surface area (Å²) in [4.78, 5) is 12.9. The van der Waals surface area contributed by atoms with Gasteiger partial charge in [0.2, 0.25) is 5.43 Å². The van der Waals surface area contributed by atoms with Crippen LogP contribution in [0.2, 0.25) is 0 Å². The van der Waals surface area contributed by atoms with E-state index in [1.807, 2.05) is 0 Å². The Kier molecular flexibility index (Phi) is 4.79. The number of benzene rings is 2. The fourth-order valence-electron chi connectivity index (χ4n) is 2.77. The van der Waals surface area contributed by atoms with Crippen LogP contribution in [0.25, 0.3) is 22.1 Å². The number of aromatic hydroxyl groups is 4. The second-order valence-electron chi connectivity index (χ2n) is 6.19. The minimum Gasteiger partial charge on any atom is -0.508 e. The lowest BCUT2D eigenvalue weighted by molar-refractivity contribution is 0.331. The number of aliphatic hydroxyl groups excluding tert-OH is 1. The highest BCUT2D eigenvalue weighted by molar-refractivity contribution is 5.90. The molecule has 0 aliphatic carbocycles. The van der Waals surface area contributed by atoms with Crippen molar-refractivity contribution in [3.63, 3.8) is 0 Å². The summed E-state index contributed by atoms with van der Waals surface area (Å²) >= 11 is 0. The highest BCUT2D eigenvalue weighted by Crippen LogP contribution is 2.37. The fraction of sp³-hybridized carbons (Fsp3) is 0.150. The minimum atomic E-state index is -0.598. The van der Waals surface area contributed by atoms with Gasteiger partial charge in [-0.3, -0.25) is 4.79 Å². The third-order valence-electron chi connectivity index (χ3n) is 4.30. The van der Waals surface area contributed by atoms with Gasteiger partial charge in [-0.05, 0) is 25.5 Å². The largest absolute Gasteiger partial charge is 0.508 e. The van der Waals surface area contributed by atoms with E-state index in [2.05, 4.69) is 0 Å². The second kappa shape index (κ2) is 7.05. The first-order valence-corrected chi connectivity index (χ1v) is 8.11. The monoisotopic (exact) mass is 370 g/mol. The van der Waals surface area contributed by atoms with Crippen molar-refractivity contribution in [2.45, 2.75) is 13.3 Å². The van der Waals surface area contributed by atoms with Crippen LogP contribution in [0.5, 0.6) is 23.0 Å². The second-order valence-corrected chi connectivity index (χ2v) is 6.19. The van der Waals surface area contributed by atoms with Gasteiger partial charge in [-0.1, -0.05) is 11.6 Å². The first kappa shape index (κ1) is 18.3. The first-order valence-electron chi connectivity index (χ1n) is 8.11. The van der Waals surface area contributed by atoms with Crippen molar-refractivity contribution in [1.29, 1.82) is 0 Å². The zero-order valence-corrected chi connectivity index (χ0v) is 14.4. The summed E-state index contributed by atoms with van der Waals surface area (Å²) in [5.41, 5.74) is 0.281. The Morgan fingerprint density at radius 3 is 2.48 bits per heavy atom. The van der Waals surface area contributed by atoms with Gasteiger partial charge in [-0.2, -0.15) is 0 Å². The van der Waals surface area contributed by atoms with Gasteiger partial charge < -0.3 is 29.9 Å². The standard InChI is InChI=1S/C20H18O7/c1-10(8-21)2-4-13-16(24)7-17-18(19(13)25)20(26)14(9-27-17)12-5-3-11(22)6-15(12)23/h2-3,5-7,9,21-25H,4,8H2,1H3/b10-2+. The minimum absolute atomic E-state index is 0.00554. The molecule has 0 radical (unpaired) electrons. The summed E-state index contributed by atoms with van der Waals surface area (Å²) < 4.78 is 5.38. The summed E-state index contributed by atoms with van der Waals surface area (Å²) in [5.74, 6) is -1.16. The van der Waals surface area contributed by atoms with E-state index in [1.54, 1.807) is 13.0 Å². The molecule has 0 aliphatic rings. The SMILES string of the molecule is C/C(=C\Cc1c(O)cc2occ(-c3ccc(O)cc3O)c(=O)c2c1O)CO. The summed E-state index contributed by atoms with van der Waals surface area (Å²) in [6.45, 7) is 1.52. The van der Waals surface area contributed by atoms with Gasteiger partial charge in [-0.15, -0.1) is 0 Å². The van der Waals surface area contributed by atoms with Crippen LogP contribution in [-0.2, 0) is 6.42 Å². The van der Waals surface area contributed by atoms with E-state index in [9.17, 15) is 25.2 Å². The molecular weight excluding hydrogens is 352 g/mol. The molecule has 0 saturated heterocycles. The van der Waals surface area contributed by atoms with Crippen LogP contribution in [0.1, 0.15) is 12.5 Å². The molecule has 0 amide bonds. The lowest BCUT2D eigenvalue weighted by atomic mass is 10.0. The lowest BCUT2D eigenvalue weighted by Gasteiger charge is -2.10. The van der Waals surface area contributed by atoms with Crippen molar-refractivity contribution in [1.82, 2.24) is 0 Å². The molecule has 0 fully saturated rings. The number of fused-ring (bicyclic) bond motifs is 1. The Labute approximate surface area is 153 Å². The van der Waals surface area contributed by atoms with Crippen LogP contribution in [0.3, 0.4) is 0 Å². The van der Waals surface area contributed by atoms with E-state index in [4.69, 9.17) is 9.52 Å². The maximum absolute atomic E-state index is 12.9. The molecule has 140 valence electrons. The summed E-state index contributed by atoms with van der Waals surface area (Å²) in [5, 5.41) is 49.1. The van der Waals surface area contributed by atoms with Crippen molar-refractivity contribution in [2.75, 3.05) is 6.61 Å². The molecule has 1 aromatic heterocycles. The summed E-state index contributed by atoms with van der Waals surface area (Å²) in [6.07, 6.45) is 2.84. The van der Waals surface area contributed by atoms with Crippen LogP contribution in [0, 0.1) is 0 Å². The Hall–Kier alpha value is -3.45. The molecule has 0 aliphatic heterocycles. The predicted molar refractivity (Wildman–Crippen MR) is 99.1 cm³/mol. The molecule has 27 heavy (non-hydrogen) atoms. The van der Waals surface area contributed by atoms with Crippen LogP contribution in [0.15, 0.2) is 51.4 Å². The summed E-state index contributed by atoms with van der Waals surface area (Å²) in [6, 6.07) is 4.98. The molecule has 0 spiro atoms. The van der Waals surface area contributed by atoms with Crippen LogP contribution in [-0.4, -0.2) is 32.1 Å². The molecule has 5 N–H and O–H groups in total. The number of phenolic OH excluding ortho intramolecular Hbond substituents is 4. The molecule has 3 rings (SSSR count). The number of rotatable bonds is 4. The van der Waals surface area contributed by atoms with Gasteiger partial charge in [0.1, 0.15) is 40.2 Å². The molecule has 7 nitrogen and oxygen atoms in total. The molecule has 0 saturated carbocycles. The van der Waals surface area contributed by atoms with Crippen molar-refractivity contribution >= 4 is 11.0 Å². The van der Waals surface area contributed by atoms with Crippen LogP contribution < -0.4 is 5.43 Å². The van der Waals surface area contributed by atoms with Gasteiger partial charge >= 0.3 is 0 Å². The smallest absolute Gasteiger partial charge is 0.204 e. The maximum atomic E-state index is 12.9. The van der Waals surface area contributed by atoms with E-state index in [1.165, 1.54) is 18.2 Å². The zero-order chi connectivity index (χ0) is 19.7. The third kappa shape index (κ3) is 3.32. The number of aliphatic hydroxyl groups is 1. The molecule has 3 aromatic rings. The molecule has 1 heterocycles. The van der Waals surface area contributed by atoms with Gasteiger partial charge in [0, 0.05) is 23.3 Å². The Bertz CT molecular complexity index is 1110. The highest BCUT2D eigenvalue weighted by Gasteiger charge is 2.19.